The van der Waals surface area contributed by atoms with Crippen LogP contribution in [0.2, 0.25) is 10.0 Å². The lowest BCUT2D eigenvalue weighted by Gasteiger charge is -2.15. The predicted molar refractivity (Wildman–Crippen MR) is 103 cm³/mol. The number of halogens is 2. The molecule has 0 saturated carbocycles. The Labute approximate surface area is 157 Å². The Morgan fingerprint density at radius 3 is 2.56 bits per heavy atom. The standard InChI is InChI=1S/C19H20Cl2N2O2/c1-3-13(2)14-7-4-5-10-18(14)25-12-19(24)23-22-11-15-16(20)8-6-9-17(15)21/h4-11,13H,3,12H2,1-2H3,(H,23,24)/b22-11+. The number of carbonyl (C=O) groups excluding carboxylic acids is 1. The van der Waals surface area contributed by atoms with Crippen molar-refractivity contribution in [1.29, 1.82) is 0 Å². The number of ether oxygens (including phenoxy) is 1. The van der Waals surface area contributed by atoms with E-state index in [0.717, 1.165) is 12.0 Å². The van der Waals surface area contributed by atoms with Crippen LogP contribution in [0.5, 0.6) is 5.75 Å². The third kappa shape index (κ3) is 5.48. The zero-order valence-electron chi connectivity index (χ0n) is 14.1. The summed E-state index contributed by atoms with van der Waals surface area (Å²) in [7, 11) is 0. The molecule has 2 rings (SSSR count). The van der Waals surface area contributed by atoms with Gasteiger partial charge in [0.1, 0.15) is 5.75 Å². The molecule has 0 aliphatic heterocycles. The van der Waals surface area contributed by atoms with Gasteiger partial charge in [-0.05, 0) is 36.1 Å². The van der Waals surface area contributed by atoms with E-state index in [0.29, 0.717) is 27.3 Å². The summed E-state index contributed by atoms with van der Waals surface area (Å²) >= 11 is 12.1. The number of hydrogen-bond donors (Lipinski definition) is 1. The van der Waals surface area contributed by atoms with Crippen molar-refractivity contribution in [3.8, 4) is 5.75 Å². The van der Waals surface area contributed by atoms with E-state index >= 15 is 0 Å². The van der Waals surface area contributed by atoms with Gasteiger partial charge in [0, 0.05) is 5.56 Å². The maximum atomic E-state index is 11.9. The van der Waals surface area contributed by atoms with E-state index in [1.807, 2.05) is 24.3 Å². The summed E-state index contributed by atoms with van der Waals surface area (Å²) in [5.41, 5.74) is 4.04. The first-order valence-corrected chi connectivity index (χ1v) is 8.76. The summed E-state index contributed by atoms with van der Waals surface area (Å²) in [5.74, 6) is 0.711. The summed E-state index contributed by atoms with van der Waals surface area (Å²) < 4.78 is 5.63. The Balaban J connectivity index is 1.93. The van der Waals surface area contributed by atoms with Gasteiger partial charge in [-0.3, -0.25) is 4.79 Å². The molecule has 0 fully saturated rings. The second-order valence-electron chi connectivity index (χ2n) is 5.56. The molecule has 6 heteroatoms. The van der Waals surface area contributed by atoms with E-state index in [1.54, 1.807) is 18.2 Å². The molecule has 0 aliphatic rings. The van der Waals surface area contributed by atoms with Crippen molar-refractivity contribution in [2.24, 2.45) is 5.10 Å². The number of nitrogens with one attached hydrogen (secondary N) is 1. The minimum atomic E-state index is -0.363. The summed E-state index contributed by atoms with van der Waals surface area (Å²) in [4.78, 5) is 11.9. The largest absolute Gasteiger partial charge is 0.483 e. The molecule has 0 saturated heterocycles. The molecule has 0 bridgehead atoms. The van der Waals surface area contributed by atoms with E-state index in [9.17, 15) is 4.79 Å². The topological polar surface area (TPSA) is 50.7 Å². The van der Waals surface area contributed by atoms with E-state index in [4.69, 9.17) is 27.9 Å². The molecule has 132 valence electrons. The highest BCUT2D eigenvalue weighted by molar-refractivity contribution is 6.38. The van der Waals surface area contributed by atoms with Crippen molar-refractivity contribution in [1.82, 2.24) is 5.43 Å². The maximum absolute atomic E-state index is 11.9. The first-order chi connectivity index (χ1) is 12.0. The maximum Gasteiger partial charge on any atom is 0.277 e. The molecule has 2 aromatic rings. The van der Waals surface area contributed by atoms with Crippen molar-refractivity contribution in [3.63, 3.8) is 0 Å². The van der Waals surface area contributed by atoms with Crippen molar-refractivity contribution < 1.29 is 9.53 Å². The summed E-state index contributed by atoms with van der Waals surface area (Å²) in [6.45, 7) is 4.11. The number of benzene rings is 2. The molecule has 0 radical (unpaired) electrons. The molecule has 1 N–H and O–H groups in total. The van der Waals surface area contributed by atoms with Crippen LogP contribution in [0.3, 0.4) is 0 Å². The molecule has 1 unspecified atom stereocenters. The lowest BCUT2D eigenvalue weighted by atomic mass is 9.98. The minimum absolute atomic E-state index is 0.124. The van der Waals surface area contributed by atoms with Crippen LogP contribution in [-0.2, 0) is 4.79 Å². The lowest BCUT2D eigenvalue weighted by molar-refractivity contribution is -0.123. The highest BCUT2D eigenvalue weighted by Crippen LogP contribution is 2.28. The molecule has 0 heterocycles. The molecule has 4 nitrogen and oxygen atoms in total. The SMILES string of the molecule is CCC(C)c1ccccc1OCC(=O)N/N=C/c1c(Cl)cccc1Cl. The molecular weight excluding hydrogens is 359 g/mol. The van der Waals surface area contributed by atoms with Crippen LogP contribution in [0.15, 0.2) is 47.6 Å². The van der Waals surface area contributed by atoms with Crippen LogP contribution in [-0.4, -0.2) is 18.7 Å². The smallest absolute Gasteiger partial charge is 0.277 e. The van der Waals surface area contributed by atoms with Gasteiger partial charge < -0.3 is 4.74 Å². The van der Waals surface area contributed by atoms with Crippen molar-refractivity contribution in [2.45, 2.75) is 26.2 Å². The van der Waals surface area contributed by atoms with Crippen LogP contribution in [0.25, 0.3) is 0 Å². The van der Waals surface area contributed by atoms with Gasteiger partial charge in [0.15, 0.2) is 6.61 Å². The minimum Gasteiger partial charge on any atom is -0.483 e. The monoisotopic (exact) mass is 378 g/mol. The van der Waals surface area contributed by atoms with E-state index in [-0.39, 0.29) is 12.5 Å². The van der Waals surface area contributed by atoms with Crippen LogP contribution >= 0.6 is 23.2 Å². The molecular formula is C19H20Cl2N2O2. The fourth-order valence-electron chi connectivity index (χ4n) is 2.22. The van der Waals surface area contributed by atoms with E-state index < -0.39 is 0 Å². The Kier molecular flexibility index (Phi) is 7.29. The van der Waals surface area contributed by atoms with E-state index in [2.05, 4.69) is 24.4 Å². The molecule has 2 aromatic carbocycles. The number of rotatable bonds is 7. The zero-order chi connectivity index (χ0) is 18.2. The number of amides is 1. The van der Waals surface area contributed by atoms with Crippen LogP contribution in [0.4, 0.5) is 0 Å². The van der Waals surface area contributed by atoms with Crippen molar-refractivity contribution >= 4 is 35.3 Å². The predicted octanol–water partition coefficient (Wildman–Crippen LogP) is 5.04. The Bertz CT molecular complexity index is 743. The molecule has 25 heavy (non-hydrogen) atoms. The van der Waals surface area contributed by atoms with Gasteiger partial charge >= 0.3 is 0 Å². The quantitative estimate of drug-likeness (QED) is 0.542. The number of hydrogen-bond acceptors (Lipinski definition) is 3. The molecule has 1 atom stereocenters. The Hall–Kier alpha value is -2.04. The number of nitrogens with zero attached hydrogens (tertiary/aromatic N) is 1. The Morgan fingerprint density at radius 1 is 1.20 bits per heavy atom. The highest BCUT2D eigenvalue weighted by atomic mass is 35.5. The van der Waals surface area contributed by atoms with Gasteiger partial charge in [-0.15, -0.1) is 0 Å². The summed E-state index contributed by atoms with van der Waals surface area (Å²) in [6, 6.07) is 12.9. The molecule has 0 aliphatic carbocycles. The average molecular weight is 379 g/mol. The zero-order valence-corrected chi connectivity index (χ0v) is 15.6. The third-order valence-corrected chi connectivity index (χ3v) is 4.46. The van der Waals surface area contributed by atoms with Crippen molar-refractivity contribution in [3.05, 3.63) is 63.6 Å². The lowest BCUT2D eigenvalue weighted by Crippen LogP contribution is -2.25. The van der Waals surface area contributed by atoms with Gasteiger partial charge in [-0.25, -0.2) is 5.43 Å². The average Bonchev–Trinajstić information content (AvgIpc) is 2.62. The molecule has 0 spiro atoms. The first kappa shape index (κ1) is 19.3. The second kappa shape index (κ2) is 9.44. The fraction of sp³-hybridized carbons (Fsp3) is 0.263. The van der Waals surface area contributed by atoms with Crippen LogP contribution in [0.1, 0.15) is 37.3 Å². The van der Waals surface area contributed by atoms with Gasteiger partial charge in [-0.2, -0.15) is 5.10 Å². The number of para-hydroxylation sites is 1. The highest BCUT2D eigenvalue weighted by Gasteiger charge is 2.11. The third-order valence-electron chi connectivity index (χ3n) is 3.80. The van der Waals surface area contributed by atoms with Gasteiger partial charge in [0.25, 0.3) is 5.91 Å². The summed E-state index contributed by atoms with van der Waals surface area (Å²) in [6.07, 6.45) is 2.41. The summed E-state index contributed by atoms with van der Waals surface area (Å²) in [5, 5.41) is 4.80. The Morgan fingerprint density at radius 2 is 1.88 bits per heavy atom. The normalized spacial score (nSPS) is 12.2. The van der Waals surface area contributed by atoms with Crippen LogP contribution < -0.4 is 10.2 Å². The number of hydrazone groups is 1. The second-order valence-corrected chi connectivity index (χ2v) is 6.38. The van der Waals surface area contributed by atoms with Crippen LogP contribution in [0, 0.1) is 0 Å². The molecule has 1 amide bonds. The van der Waals surface area contributed by atoms with E-state index in [1.165, 1.54) is 6.21 Å². The van der Waals surface area contributed by atoms with Gasteiger partial charge in [-0.1, -0.05) is 61.3 Å². The van der Waals surface area contributed by atoms with Gasteiger partial charge in [0.2, 0.25) is 0 Å². The molecule has 0 aromatic heterocycles. The van der Waals surface area contributed by atoms with Crippen molar-refractivity contribution in [2.75, 3.05) is 6.61 Å². The first-order valence-electron chi connectivity index (χ1n) is 8.00. The number of carbonyl (C=O) groups is 1. The van der Waals surface area contributed by atoms with Gasteiger partial charge in [0.05, 0.1) is 16.3 Å². The fourth-order valence-corrected chi connectivity index (χ4v) is 2.71.